The van der Waals surface area contributed by atoms with E-state index in [1.165, 1.54) is 29.1 Å². The van der Waals surface area contributed by atoms with Gasteiger partial charge < -0.3 is 69.7 Å². The number of para-hydroxylation sites is 6. The standard InChI is InChI=1S/C24H31N5O3.C24H32N4O2.C23H29N5O3.C23H28N4O3S/c1-3-12-32-24(31)21(14-22-26-18-6-4-5-7-19(18)27-22)28-23(30)17-13-20(25-15-17)16-8-10-29(2)11-9-16;1-17(2)12-21(15-20-13-18-6-4-5-7-22(18)25-20)28-23(29)14-19(24(28)30)16-27-10-8-26(3)9-11-27;1-2-12-31-23(30)19(14-20-25-17-8-4-5-9-18(17)26-20)27-22(29)16-13-21(24-15-16)28-10-6-3-7-11-28;1-2-12-30-22(29)19(14-17-13-16-8-4-5-9-18(16)25-17)26-21(28)20-15-24-23(31-20)27-10-6-3-7-11-27/h4-7,15-16,21H,3,8-14H2,1-2H3,(H,26,27)(H,28,30);4-7,13-14,17,21,25H,8-12,15-16H2,1-3H3;4-5,8-9,15,19H,2-3,6-7,10-14H2,1H3,(H,25,26)(H,27,29);4-5,8-9,13,15,19,25H,2-3,6-7,10-12,14H2,1H3,(H,26,28). The highest BCUT2D eigenvalue weighted by Crippen LogP contribution is 2.31. The van der Waals surface area contributed by atoms with Crippen LogP contribution in [0.3, 0.4) is 0 Å². The number of carbonyl (C=O) groups excluding carboxylic acids is 8. The number of piperidine rings is 3. The van der Waals surface area contributed by atoms with Crippen molar-refractivity contribution in [1.82, 2.24) is 75.3 Å². The molecule has 0 radical (unpaired) electrons. The number of anilines is 1. The molecule has 658 valence electrons. The third kappa shape index (κ3) is 24.7. The van der Waals surface area contributed by atoms with Crippen LogP contribution in [0.15, 0.2) is 161 Å². The number of amides is 5. The number of aromatic nitrogens is 7. The van der Waals surface area contributed by atoms with Crippen LogP contribution in [0.25, 0.3) is 43.9 Å². The smallest absolute Gasteiger partial charge is 0.329 e. The van der Waals surface area contributed by atoms with E-state index in [-0.39, 0.29) is 48.4 Å². The number of fused-ring (bicyclic) bond motifs is 4. The molecule has 0 aliphatic carbocycles. The summed E-state index contributed by atoms with van der Waals surface area (Å²) in [5, 5.41) is 11.7. The third-order valence-corrected chi connectivity index (χ3v) is 24.3. The number of piperazine rings is 1. The molecule has 4 atom stereocenters. The van der Waals surface area contributed by atoms with Crippen molar-refractivity contribution in [2.75, 3.05) is 111 Å². The maximum absolute atomic E-state index is 13.2. The zero-order chi connectivity index (χ0) is 87.0. The molecule has 7 aliphatic heterocycles. The van der Waals surface area contributed by atoms with Crippen molar-refractivity contribution >= 4 is 119 Å². The van der Waals surface area contributed by atoms with Crippen LogP contribution in [-0.4, -0.2) is 248 Å². The quantitative estimate of drug-likeness (QED) is 0.0125. The van der Waals surface area contributed by atoms with Gasteiger partial charge in [-0.3, -0.25) is 38.8 Å². The molecule has 124 heavy (non-hydrogen) atoms. The molecular weight excluding hydrogens is 1590 g/mol. The van der Waals surface area contributed by atoms with E-state index in [0.717, 1.165) is 202 Å². The summed E-state index contributed by atoms with van der Waals surface area (Å²) in [7, 11) is 4.24. The first-order valence-electron chi connectivity index (χ1n) is 44.3. The average molecular weight is 1710 g/mol. The lowest BCUT2D eigenvalue weighted by Gasteiger charge is -2.33. The molecular formula is C94H120N18O11S. The zero-order valence-corrected chi connectivity index (χ0v) is 73.4. The van der Waals surface area contributed by atoms with E-state index in [0.29, 0.717) is 97.1 Å². The number of benzene rings is 4. The second-order valence-corrected chi connectivity index (χ2v) is 34.6. The molecule has 0 spiro atoms. The van der Waals surface area contributed by atoms with E-state index in [9.17, 15) is 38.4 Å². The third-order valence-electron chi connectivity index (χ3n) is 23.3. The summed E-state index contributed by atoms with van der Waals surface area (Å²) in [5.41, 5.74) is 10.3. The van der Waals surface area contributed by atoms with Crippen molar-refractivity contribution in [2.24, 2.45) is 21.8 Å². The van der Waals surface area contributed by atoms with E-state index in [4.69, 9.17) is 14.2 Å². The summed E-state index contributed by atoms with van der Waals surface area (Å²) in [6.45, 7) is 21.5. The molecule has 12 heterocycles. The molecule has 7 aliphatic rings. The predicted octanol–water partition coefficient (Wildman–Crippen LogP) is 11.9. The van der Waals surface area contributed by atoms with E-state index in [1.54, 1.807) is 24.7 Å². The number of esters is 3. The van der Waals surface area contributed by atoms with Crippen LogP contribution in [0.4, 0.5) is 5.13 Å². The number of aromatic amines is 4. The molecule has 4 aromatic carbocycles. The van der Waals surface area contributed by atoms with Crippen molar-refractivity contribution in [3.8, 4) is 0 Å². The highest BCUT2D eigenvalue weighted by Gasteiger charge is 2.39. The van der Waals surface area contributed by atoms with Gasteiger partial charge in [0.1, 0.15) is 40.5 Å². The second kappa shape index (κ2) is 44.2. The molecule has 4 saturated heterocycles. The van der Waals surface area contributed by atoms with Gasteiger partial charge in [-0.1, -0.05) is 107 Å². The molecule has 0 bridgehead atoms. The van der Waals surface area contributed by atoms with Crippen LogP contribution in [0.5, 0.6) is 0 Å². The topological polar surface area (TPSA) is 346 Å². The average Bonchev–Trinajstić information content (AvgIpc) is 1.65. The summed E-state index contributed by atoms with van der Waals surface area (Å²) in [6.07, 6.45) is 21.1. The maximum atomic E-state index is 13.2. The van der Waals surface area contributed by atoms with Crippen molar-refractivity contribution in [3.63, 3.8) is 0 Å². The molecule has 5 aromatic heterocycles. The number of nitrogens with zero attached hydrogens (tertiary/aromatic N) is 11. The lowest BCUT2D eigenvalue weighted by Crippen LogP contribution is -2.47. The fraction of sp³-hybridized carbons (Fsp3) is 0.479. The number of nitrogens with one attached hydrogen (secondary N) is 7. The van der Waals surface area contributed by atoms with Crippen LogP contribution in [-0.2, 0) is 73.5 Å². The lowest BCUT2D eigenvalue weighted by atomic mass is 9.89. The number of imide groups is 1. The van der Waals surface area contributed by atoms with Gasteiger partial charge in [0.05, 0.1) is 48.1 Å². The number of imidazole rings is 2. The number of thiazole rings is 1. The summed E-state index contributed by atoms with van der Waals surface area (Å²) in [5.74, 6) is 0.567. The lowest BCUT2D eigenvalue weighted by molar-refractivity contribution is -0.148. The molecule has 5 amide bonds. The molecule has 9 aromatic rings. The summed E-state index contributed by atoms with van der Waals surface area (Å²) in [4.78, 5) is 152. The molecule has 30 heteroatoms. The number of hydrogen-bond donors (Lipinski definition) is 7. The number of ether oxygens (including phenoxy) is 3. The summed E-state index contributed by atoms with van der Waals surface area (Å²) in [6, 6.07) is 33.0. The highest BCUT2D eigenvalue weighted by atomic mass is 32.1. The van der Waals surface area contributed by atoms with Crippen LogP contribution in [0, 0.1) is 11.8 Å². The Morgan fingerprint density at radius 1 is 0.524 bits per heavy atom. The van der Waals surface area contributed by atoms with Crippen molar-refractivity contribution in [1.29, 1.82) is 0 Å². The minimum Gasteiger partial charge on any atom is -0.464 e. The Hall–Kier alpha value is -11.5. The first kappa shape index (κ1) is 90.3. The highest BCUT2D eigenvalue weighted by molar-refractivity contribution is 7.17. The van der Waals surface area contributed by atoms with Gasteiger partial charge >= 0.3 is 17.9 Å². The normalized spacial score (nSPS) is 17.6. The van der Waals surface area contributed by atoms with Gasteiger partial charge in [0, 0.05) is 173 Å². The van der Waals surface area contributed by atoms with Gasteiger partial charge in [0.2, 0.25) is 11.8 Å². The van der Waals surface area contributed by atoms with Gasteiger partial charge in [-0.2, -0.15) is 0 Å². The number of likely N-dealkylation sites (N-methyl/N-ethyl adjacent to an activating group) is 1. The summed E-state index contributed by atoms with van der Waals surface area (Å²) >= 11 is 1.37. The fourth-order valence-corrected chi connectivity index (χ4v) is 17.4. The minimum absolute atomic E-state index is 0.110. The van der Waals surface area contributed by atoms with Gasteiger partial charge in [-0.25, -0.2) is 34.3 Å². The number of carbonyl (C=O) groups is 8. The SMILES string of the molecule is CC(C)CC(Cc1cc2ccccc2[nH]1)N1C(=O)C=C(CN2CCN(C)CC2)C1=O.CCCOC(=O)C(Cc1cc2ccccc2[nH]1)NC(=O)c1cnc(N2CCCCC2)s1.CCCOC(=O)C(Cc1nc2ccccc2[nH]1)NC(=O)C1=CN=C(C2CCN(C)CC2)C1.CCCOC(=O)C(Cc1nc2ccccc2[nH]1)NC(=O)C1=CN=C(N2CCCCC2)C1. The Kier molecular flexibility index (Phi) is 32.2. The van der Waals surface area contributed by atoms with Crippen molar-refractivity contribution in [2.45, 2.75) is 174 Å². The Labute approximate surface area is 728 Å². The number of likely N-dealkylation sites (tertiary alicyclic amines) is 2. The number of hydrogen-bond acceptors (Lipinski definition) is 22. The molecule has 7 N–H and O–H groups in total. The number of aliphatic imine (C=N–C) groups is 2. The van der Waals surface area contributed by atoms with Gasteiger partial charge in [0.15, 0.2) is 5.13 Å². The molecule has 4 fully saturated rings. The Morgan fingerprint density at radius 2 is 1.00 bits per heavy atom. The number of amidine groups is 1. The first-order valence-corrected chi connectivity index (χ1v) is 45.1. The zero-order valence-electron chi connectivity index (χ0n) is 72.6. The Balaban J connectivity index is 0.000000142. The van der Waals surface area contributed by atoms with Crippen LogP contribution >= 0.6 is 11.3 Å². The van der Waals surface area contributed by atoms with Crippen LogP contribution < -0.4 is 20.9 Å². The van der Waals surface area contributed by atoms with E-state index < -0.39 is 36.0 Å². The minimum atomic E-state index is -0.820. The van der Waals surface area contributed by atoms with Crippen LogP contribution in [0.2, 0.25) is 0 Å². The van der Waals surface area contributed by atoms with Gasteiger partial charge in [-0.05, 0) is 169 Å². The monoisotopic (exact) mass is 1710 g/mol. The van der Waals surface area contributed by atoms with Crippen molar-refractivity contribution < 1.29 is 52.6 Å². The first-order chi connectivity index (χ1) is 60.2. The molecule has 16 rings (SSSR count). The molecule has 0 saturated carbocycles. The number of H-pyrrole nitrogens is 4. The van der Waals surface area contributed by atoms with Gasteiger partial charge in [-0.15, -0.1) is 0 Å². The van der Waals surface area contributed by atoms with Crippen LogP contribution in [0.1, 0.15) is 157 Å². The van der Waals surface area contributed by atoms with E-state index in [1.807, 2.05) is 112 Å². The maximum Gasteiger partial charge on any atom is 0.329 e. The van der Waals surface area contributed by atoms with Gasteiger partial charge in [0.25, 0.3) is 17.7 Å². The molecule has 29 nitrogen and oxygen atoms in total. The van der Waals surface area contributed by atoms with Crippen molar-refractivity contribution in [3.05, 3.63) is 179 Å². The Bertz CT molecular complexity index is 5200. The largest absolute Gasteiger partial charge is 0.464 e. The van der Waals surface area contributed by atoms with E-state index >= 15 is 0 Å². The summed E-state index contributed by atoms with van der Waals surface area (Å²) < 4.78 is 16.0. The molecule has 4 unspecified atom stereocenters. The number of rotatable bonds is 30. The van der Waals surface area contributed by atoms with E-state index in [2.05, 4.69) is 131 Å². The Morgan fingerprint density at radius 3 is 1.52 bits per heavy atom. The second-order valence-electron chi connectivity index (χ2n) is 33.6. The predicted molar refractivity (Wildman–Crippen MR) is 484 cm³/mol. The fourth-order valence-electron chi connectivity index (χ4n) is 16.5.